The number of nitrogens with zero attached hydrogens (tertiary/aromatic N) is 2. The van der Waals surface area contributed by atoms with Gasteiger partial charge in [0.05, 0.1) is 0 Å². The SMILES string of the molecule is CCC(C)Cc1cc(-c2[c-]cc(F)cc2F)nc(C(C)(C)c2cc(C(C)CC)cc(-c3[c-]cc(F)cc3F)n2)c1.[Pt+2]. The van der Waals surface area contributed by atoms with Crippen LogP contribution in [0.2, 0.25) is 0 Å². The first kappa shape index (κ1) is 32.7. The van der Waals surface area contributed by atoms with Gasteiger partial charge in [0, 0.05) is 40.1 Å². The Bertz CT molecular complexity index is 1520. The van der Waals surface area contributed by atoms with Gasteiger partial charge in [-0.3, -0.25) is 17.6 Å². The van der Waals surface area contributed by atoms with Gasteiger partial charge >= 0.3 is 21.1 Å². The first-order valence-electron chi connectivity index (χ1n) is 13.7. The predicted molar refractivity (Wildman–Crippen MR) is 151 cm³/mol. The number of aromatic nitrogens is 2. The zero-order valence-corrected chi connectivity index (χ0v) is 26.4. The van der Waals surface area contributed by atoms with Crippen LogP contribution in [-0.4, -0.2) is 9.97 Å². The summed E-state index contributed by atoms with van der Waals surface area (Å²) in [5.74, 6) is -2.36. The number of halogens is 4. The third-order valence-electron chi connectivity index (χ3n) is 7.70. The molecule has 2 nitrogen and oxygen atoms in total. The third-order valence-corrected chi connectivity index (χ3v) is 7.70. The van der Waals surface area contributed by atoms with Gasteiger partial charge in [-0.25, -0.2) is 0 Å². The van der Waals surface area contributed by atoms with Gasteiger partial charge in [-0.05, 0) is 62.0 Å². The molecule has 0 N–H and O–H groups in total. The van der Waals surface area contributed by atoms with Gasteiger partial charge in [-0.15, -0.1) is 24.3 Å². The van der Waals surface area contributed by atoms with Crippen molar-refractivity contribution in [2.24, 2.45) is 5.92 Å². The smallest absolute Gasteiger partial charge is 0.300 e. The Balaban J connectivity index is 0.00000462. The van der Waals surface area contributed by atoms with E-state index in [1.807, 2.05) is 38.1 Å². The normalized spacial score (nSPS) is 13.0. The summed E-state index contributed by atoms with van der Waals surface area (Å²) in [4.78, 5) is 9.67. The number of benzene rings is 2. The fourth-order valence-corrected chi connectivity index (χ4v) is 4.63. The summed E-state index contributed by atoms with van der Waals surface area (Å²) in [5.41, 5.74) is 3.32. The molecule has 0 spiro atoms. The molecule has 0 fully saturated rings. The second-order valence-electron chi connectivity index (χ2n) is 11.2. The summed E-state index contributed by atoms with van der Waals surface area (Å²) in [6.07, 6.45) is 2.57. The second-order valence-corrected chi connectivity index (χ2v) is 11.2. The van der Waals surface area contributed by atoms with E-state index >= 15 is 0 Å². The van der Waals surface area contributed by atoms with Gasteiger partial charge < -0.3 is 9.97 Å². The molecule has 2 aromatic carbocycles. The Morgan fingerprint density at radius 1 is 0.732 bits per heavy atom. The standard InChI is InChI=1S/C34H34F4N2.Pt/c1-7-20(3)13-22-14-30(26-11-9-24(35)18-28(26)37)39-32(15-22)34(5,6)33-17-23(21(4)8-2)16-31(40-33)27-12-10-25(36)19-29(27)38;/h9-10,14-21H,7-8,13H2,1-6H3;/q-2;+2. The molecular formula is C34H34F4N2Pt. The minimum atomic E-state index is -0.786. The number of rotatable bonds is 9. The molecular weight excluding hydrogens is 707 g/mol. The van der Waals surface area contributed by atoms with Gasteiger partial charge in [-0.2, -0.15) is 0 Å². The van der Waals surface area contributed by atoms with Crippen molar-refractivity contribution in [3.05, 3.63) is 106 Å². The average Bonchev–Trinajstić information content (AvgIpc) is 2.92. The van der Waals surface area contributed by atoms with E-state index in [-0.39, 0.29) is 38.1 Å². The molecule has 4 rings (SSSR count). The van der Waals surface area contributed by atoms with Gasteiger partial charge in [0.15, 0.2) is 0 Å². The maximum Gasteiger partial charge on any atom is 2.00 e. The van der Waals surface area contributed by atoms with E-state index in [1.165, 1.54) is 0 Å². The molecule has 2 heterocycles. The summed E-state index contributed by atoms with van der Waals surface area (Å²) < 4.78 is 57.0. The van der Waals surface area contributed by atoms with Crippen LogP contribution in [0.5, 0.6) is 0 Å². The molecule has 2 atom stereocenters. The van der Waals surface area contributed by atoms with Crippen LogP contribution in [0.4, 0.5) is 17.6 Å². The summed E-state index contributed by atoms with van der Waals surface area (Å²) in [6, 6.07) is 16.9. The zero-order valence-electron chi connectivity index (χ0n) is 24.1. The summed E-state index contributed by atoms with van der Waals surface area (Å²) in [7, 11) is 0. The van der Waals surface area contributed by atoms with Crippen LogP contribution in [0, 0.1) is 41.3 Å². The van der Waals surface area contributed by atoms with Gasteiger partial charge in [0.2, 0.25) is 0 Å². The Hall–Kier alpha value is -2.85. The van der Waals surface area contributed by atoms with Gasteiger partial charge in [0.25, 0.3) is 0 Å². The van der Waals surface area contributed by atoms with E-state index < -0.39 is 28.7 Å². The minimum absolute atomic E-state index is 0. The Kier molecular flexibility index (Phi) is 10.7. The number of hydrogen-bond donors (Lipinski definition) is 0. The molecule has 2 aromatic heterocycles. The van der Waals surface area contributed by atoms with E-state index in [9.17, 15) is 17.6 Å². The van der Waals surface area contributed by atoms with E-state index in [0.717, 1.165) is 54.7 Å². The number of hydrogen-bond acceptors (Lipinski definition) is 2. The molecule has 0 saturated carbocycles. The van der Waals surface area contributed by atoms with Crippen molar-refractivity contribution in [2.75, 3.05) is 0 Å². The molecule has 0 aliphatic heterocycles. The molecule has 0 radical (unpaired) electrons. The quantitative estimate of drug-likeness (QED) is 0.126. The van der Waals surface area contributed by atoms with E-state index in [0.29, 0.717) is 28.7 Å². The maximum absolute atomic E-state index is 14.8. The van der Waals surface area contributed by atoms with E-state index in [2.05, 4.69) is 39.8 Å². The van der Waals surface area contributed by atoms with Crippen molar-refractivity contribution in [3.8, 4) is 22.5 Å². The maximum atomic E-state index is 14.8. The first-order valence-corrected chi connectivity index (χ1v) is 13.7. The van der Waals surface area contributed by atoms with Crippen molar-refractivity contribution in [3.63, 3.8) is 0 Å². The zero-order chi connectivity index (χ0) is 29.2. The topological polar surface area (TPSA) is 25.8 Å². The fraction of sp³-hybridized carbons (Fsp3) is 0.353. The van der Waals surface area contributed by atoms with E-state index in [1.54, 1.807) is 0 Å². The minimum Gasteiger partial charge on any atom is -0.300 e. The first-order chi connectivity index (χ1) is 18.9. The van der Waals surface area contributed by atoms with Crippen molar-refractivity contribution in [2.45, 2.75) is 72.1 Å². The van der Waals surface area contributed by atoms with Crippen LogP contribution >= 0.6 is 0 Å². The van der Waals surface area contributed by atoms with E-state index in [4.69, 9.17) is 9.97 Å². The van der Waals surface area contributed by atoms with Crippen molar-refractivity contribution in [1.29, 1.82) is 0 Å². The molecule has 0 aliphatic carbocycles. The molecule has 0 aliphatic rings. The second kappa shape index (κ2) is 13.4. The summed E-state index contributed by atoms with van der Waals surface area (Å²) in [5, 5.41) is 0. The molecule has 4 aromatic rings. The van der Waals surface area contributed by atoms with Crippen molar-refractivity contribution >= 4 is 0 Å². The van der Waals surface area contributed by atoms with Crippen LogP contribution in [0.15, 0.2) is 48.5 Å². The molecule has 218 valence electrons. The van der Waals surface area contributed by atoms with Crippen molar-refractivity contribution in [1.82, 2.24) is 9.97 Å². The third kappa shape index (κ3) is 7.33. The molecule has 0 bridgehead atoms. The Morgan fingerprint density at radius 2 is 1.24 bits per heavy atom. The molecule has 2 unspecified atom stereocenters. The summed E-state index contributed by atoms with van der Waals surface area (Å²) >= 11 is 0. The van der Waals surface area contributed by atoms with Gasteiger partial charge in [-0.1, -0.05) is 80.6 Å². The van der Waals surface area contributed by atoms with Crippen LogP contribution in [0.3, 0.4) is 0 Å². The fourth-order valence-electron chi connectivity index (χ4n) is 4.63. The van der Waals surface area contributed by atoms with Crippen molar-refractivity contribution < 1.29 is 38.6 Å². The molecule has 0 amide bonds. The van der Waals surface area contributed by atoms with Crippen LogP contribution < -0.4 is 0 Å². The number of pyridine rings is 2. The summed E-state index contributed by atoms with van der Waals surface area (Å²) in [6.45, 7) is 12.3. The molecule has 41 heavy (non-hydrogen) atoms. The Labute approximate surface area is 254 Å². The van der Waals surface area contributed by atoms with Crippen LogP contribution in [0.25, 0.3) is 22.5 Å². The average molecular weight is 742 g/mol. The Morgan fingerprint density at radius 3 is 1.73 bits per heavy atom. The monoisotopic (exact) mass is 741 g/mol. The largest absolute Gasteiger partial charge is 2.00 e. The molecule has 7 heteroatoms. The van der Waals surface area contributed by atoms with Crippen LogP contribution in [0.1, 0.15) is 82.8 Å². The molecule has 0 saturated heterocycles. The predicted octanol–water partition coefficient (Wildman–Crippen LogP) is 9.39. The van der Waals surface area contributed by atoms with Gasteiger partial charge in [0.1, 0.15) is 0 Å². The van der Waals surface area contributed by atoms with Crippen LogP contribution in [-0.2, 0) is 32.9 Å².